The number of carbonyl (C=O) groups is 2. The van der Waals surface area contributed by atoms with Gasteiger partial charge < -0.3 is 15.2 Å². The maximum atomic E-state index is 13.2. The Morgan fingerprint density at radius 3 is 2.53 bits per heavy atom. The first kappa shape index (κ1) is 25.3. The van der Waals surface area contributed by atoms with Crippen molar-refractivity contribution in [3.63, 3.8) is 0 Å². The number of aliphatic hydroxyl groups excluding tert-OH is 1. The van der Waals surface area contributed by atoms with Gasteiger partial charge in [-0.1, -0.05) is 18.2 Å². The number of nitrogens with one attached hydrogen (secondary N) is 1. The Morgan fingerprint density at radius 1 is 1.21 bits per heavy atom. The van der Waals surface area contributed by atoms with Crippen LogP contribution in [0, 0.1) is 24.0 Å². The number of para-hydroxylation sites is 2. The molecule has 0 aromatic heterocycles. The van der Waals surface area contributed by atoms with Gasteiger partial charge in [0.2, 0.25) is 10.0 Å². The molecule has 3 rings (SSSR count). The third-order valence-corrected chi connectivity index (χ3v) is 7.48. The van der Waals surface area contributed by atoms with Gasteiger partial charge in [-0.25, -0.2) is 8.42 Å². The summed E-state index contributed by atoms with van der Waals surface area (Å²) in [7, 11) is -4.13. The van der Waals surface area contributed by atoms with E-state index >= 15 is 0 Å². The lowest BCUT2D eigenvalue weighted by Crippen LogP contribution is -2.43. The molecule has 2 aromatic rings. The normalized spacial score (nSPS) is 19.4. The van der Waals surface area contributed by atoms with Gasteiger partial charge in [-0.3, -0.25) is 19.7 Å². The van der Waals surface area contributed by atoms with Crippen molar-refractivity contribution in [3.05, 3.63) is 63.7 Å². The highest BCUT2D eigenvalue weighted by Crippen LogP contribution is 2.29. The van der Waals surface area contributed by atoms with Crippen LogP contribution in [0.5, 0.6) is 0 Å². The summed E-state index contributed by atoms with van der Waals surface area (Å²) in [6, 6.07) is 8.70. The number of anilines is 1. The van der Waals surface area contributed by atoms with Crippen LogP contribution < -0.4 is 5.32 Å². The highest BCUT2D eigenvalue weighted by Gasteiger charge is 2.45. The van der Waals surface area contributed by atoms with Crippen LogP contribution in [0.3, 0.4) is 0 Å². The van der Waals surface area contributed by atoms with Crippen LogP contribution in [0.15, 0.2) is 47.4 Å². The number of carbonyl (C=O) groups excluding carboxylic acids is 2. The Bertz CT molecular complexity index is 1230. The number of hydrogen-bond acceptors (Lipinski definition) is 8. The molecule has 182 valence electrons. The zero-order valence-electron chi connectivity index (χ0n) is 18.8. The maximum Gasteiger partial charge on any atom is 0.325 e. The predicted octanol–water partition coefficient (Wildman–Crippen LogP) is 1.91. The molecule has 1 aliphatic rings. The Kier molecular flexibility index (Phi) is 7.34. The van der Waals surface area contributed by atoms with Gasteiger partial charge >= 0.3 is 5.97 Å². The van der Waals surface area contributed by atoms with Gasteiger partial charge in [0.1, 0.15) is 11.7 Å². The number of esters is 1. The number of rotatable bonds is 7. The Morgan fingerprint density at radius 2 is 1.88 bits per heavy atom. The van der Waals surface area contributed by atoms with Gasteiger partial charge in [-0.15, -0.1) is 0 Å². The lowest BCUT2D eigenvalue weighted by Gasteiger charge is -2.24. The highest BCUT2D eigenvalue weighted by atomic mass is 32.2. The SMILES string of the molecule is Cc1ccc(S(=O)(=O)N2CC(O)CC2C(=O)OC(C)C(=O)Nc2ccccc2[N+](=O)[O-])cc1C. The Labute approximate surface area is 196 Å². The van der Waals surface area contributed by atoms with Crippen LogP contribution in [0.1, 0.15) is 24.5 Å². The van der Waals surface area contributed by atoms with Gasteiger partial charge in [0.05, 0.1) is 15.9 Å². The molecule has 0 saturated carbocycles. The third kappa shape index (κ3) is 5.24. The quantitative estimate of drug-likeness (QED) is 0.338. The summed E-state index contributed by atoms with van der Waals surface area (Å²) < 4.78 is 32.4. The zero-order chi connectivity index (χ0) is 25.2. The number of aliphatic hydroxyl groups is 1. The second-order valence-electron chi connectivity index (χ2n) is 8.07. The molecule has 1 amide bonds. The number of sulfonamides is 1. The maximum absolute atomic E-state index is 13.2. The first-order valence-corrected chi connectivity index (χ1v) is 11.9. The minimum atomic E-state index is -4.13. The number of nitro groups is 1. The first-order chi connectivity index (χ1) is 15.9. The molecular weight excluding hydrogens is 466 g/mol. The van der Waals surface area contributed by atoms with Crippen molar-refractivity contribution in [2.75, 3.05) is 11.9 Å². The molecule has 3 atom stereocenters. The van der Waals surface area contributed by atoms with Crippen LogP contribution in [0.2, 0.25) is 0 Å². The number of nitro benzene ring substituents is 1. The minimum absolute atomic E-state index is 0.0234. The second kappa shape index (κ2) is 9.87. The van der Waals surface area contributed by atoms with Crippen molar-refractivity contribution >= 4 is 33.3 Å². The molecule has 12 heteroatoms. The Balaban J connectivity index is 1.75. The molecule has 2 aromatic carbocycles. The van der Waals surface area contributed by atoms with E-state index in [4.69, 9.17) is 4.74 Å². The molecule has 1 aliphatic heterocycles. The number of benzene rings is 2. The summed E-state index contributed by atoms with van der Waals surface area (Å²) in [6.07, 6.45) is -2.66. The lowest BCUT2D eigenvalue weighted by molar-refractivity contribution is -0.383. The molecule has 1 heterocycles. The van der Waals surface area contributed by atoms with Crippen molar-refractivity contribution in [1.29, 1.82) is 0 Å². The van der Waals surface area contributed by atoms with Gasteiger partial charge in [-0.2, -0.15) is 4.31 Å². The molecule has 34 heavy (non-hydrogen) atoms. The monoisotopic (exact) mass is 491 g/mol. The highest BCUT2D eigenvalue weighted by molar-refractivity contribution is 7.89. The van der Waals surface area contributed by atoms with Gasteiger partial charge in [0, 0.05) is 19.0 Å². The van der Waals surface area contributed by atoms with E-state index in [2.05, 4.69) is 5.32 Å². The number of hydrogen-bond donors (Lipinski definition) is 2. The standard InChI is InChI=1S/C22H25N3O8S/c1-13-8-9-17(10-14(13)2)34(31,32)24-12-16(26)11-20(24)22(28)33-15(3)21(27)23-18-6-4-5-7-19(18)25(29)30/h4-10,15-16,20,26H,11-12H2,1-3H3,(H,23,27). The fourth-order valence-electron chi connectivity index (χ4n) is 3.55. The summed E-state index contributed by atoms with van der Waals surface area (Å²) in [5, 5.41) is 23.6. The summed E-state index contributed by atoms with van der Waals surface area (Å²) in [6.45, 7) is 4.56. The van der Waals surface area contributed by atoms with E-state index in [1.54, 1.807) is 13.0 Å². The van der Waals surface area contributed by atoms with Crippen molar-refractivity contribution in [1.82, 2.24) is 4.31 Å². The summed E-state index contributed by atoms with van der Waals surface area (Å²) >= 11 is 0. The average molecular weight is 492 g/mol. The minimum Gasteiger partial charge on any atom is -0.451 e. The van der Waals surface area contributed by atoms with Crippen LogP contribution in [0.25, 0.3) is 0 Å². The molecule has 0 bridgehead atoms. The summed E-state index contributed by atoms with van der Waals surface area (Å²) in [5.41, 5.74) is 1.24. The molecule has 2 N–H and O–H groups in total. The number of aryl methyl sites for hydroxylation is 2. The molecular formula is C22H25N3O8S. The van der Waals surface area contributed by atoms with Crippen LogP contribution in [-0.4, -0.2) is 59.4 Å². The molecule has 0 radical (unpaired) electrons. The van der Waals surface area contributed by atoms with E-state index in [0.717, 1.165) is 15.4 Å². The van der Waals surface area contributed by atoms with E-state index in [1.165, 1.54) is 43.3 Å². The summed E-state index contributed by atoms with van der Waals surface area (Å²) in [5.74, 6) is -1.83. The molecule has 0 aliphatic carbocycles. The molecule has 1 saturated heterocycles. The first-order valence-electron chi connectivity index (χ1n) is 10.4. The van der Waals surface area contributed by atoms with E-state index in [-0.39, 0.29) is 29.2 Å². The van der Waals surface area contributed by atoms with E-state index < -0.39 is 45.1 Å². The van der Waals surface area contributed by atoms with Crippen molar-refractivity contribution < 1.29 is 32.8 Å². The second-order valence-corrected chi connectivity index (χ2v) is 9.96. The smallest absolute Gasteiger partial charge is 0.325 e. The van der Waals surface area contributed by atoms with Crippen molar-refractivity contribution in [3.8, 4) is 0 Å². The van der Waals surface area contributed by atoms with Crippen LogP contribution >= 0.6 is 0 Å². The van der Waals surface area contributed by atoms with Gasteiger partial charge in [0.15, 0.2) is 6.10 Å². The van der Waals surface area contributed by atoms with Crippen LogP contribution in [-0.2, 0) is 24.3 Å². The van der Waals surface area contributed by atoms with Crippen LogP contribution in [0.4, 0.5) is 11.4 Å². The molecule has 1 fully saturated rings. The topological polar surface area (TPSA) is 156 Å². The number of ether oxygens (including phenoxy) is 1. The van der Waals surface area contributed by atoms with E-state index in [0.29, 0.717) is 0 Å². The predicted molar refractivity (Wildman–Crippen MR) is 121 cm³/mol. The lowest BCUT2D eigenvalue weighted by atomic mass is 10.1. The Hall–Kier alpha value is -3.35. The number of β-amino-alcohol motifs (C(OH)–C–C–N with tert-alkyl or cyclic N) is 1. The number of nitrogens with zero attached hydrogens (tertiary/aromatic N) is 2. The van der Waals surface area contributed by atoms with E-state index in [9.17, 15) is 33.2 Å². The van der Waals surface area contributed by atoms with Gasteiger partial charge in [0.25, 0.3) is 11.6 Å². The molecule has 3 unspecified atom stereocenters. The largest absolute Gasteiger partial charge is 0.451 e. The van der Waals surface area contributed by atoms with E-state index in [1.807, 2.05) is 6.92 Å². The van der Waals surface area contributed by atoms with Gasteiger partial charge in [-0.05, 0) is 50.1 Å². The van der Waals surface area contributed by atoms with Crippen molar-refractivity contribution in [2.24, 2.45) is 0 Å². The average Bonchev–Trinajstić information content (AvgIpc) is 3.18. The molecule has 11 nitrogen and oxygen atoms in total. The van der Waals surface area contributed by atoms with Crippen molar-refractivity contribution in [2.45, 2.75) is 50.3 Å². The molecule has 0 spiro atoms. The number of amides is 1. The zero-order valence-corrected chi connectivity index (χ0v) is 19.6. The fraction of sp³-hybridized carbons (Fsp3) is 0.364. The fourth-order valence-corrected chi connectivity index (χ4v) is 5.27. The summed E-state index contributed by atoms with van der Waals surface area (Å²) in [4.78, 5) is 35.7. The third-order valence-electron chi connectivity index (χ3n) is 5.61.